The van der Waals surface area contributed by atoms with Crippen LogP contribution in [-0.2, 0) is 20.6 Å². The van der Waals surface area contributed by atoms with Gasteiger partial charge in [-0.2, -0.15) is 4.72 Å². The van der Waals surface area contributed by atoms with E-state index in [1.807, 2.05) is 0 Å². The predicted molar refractivity (Wildman–Crippen MR) is 96.7 cm³/mol. The summed E-state index contributed by atoms with van der Waals surface area (Å²) in [7, 11) is -3.94. The summed E-state index contributed by atoms with van der Waals surface area (Å²) in [4.78, 5) is 11.9. The minimum Gasteiger partial charge on any atom is -0.289 e. The lowest BCUT2D eigenvalue weighted by Crippen LogP contribution is -2.39. The Kier molecular flexibility index (Phi) is 5.33. The molecule has 3 N–H and O–H groups in total. The van der Waals surface area contributed by atoms with Crippen LogP contribution in [0.4, 0.5) is 4.39 Å². The number of carbonyl (C=O) groups excluding carboxylic acids is 1. The van der Waals surface area contributed by atoms with Gasteiger partial charge in [0.2, 0.25) is 10.0 Å². The Morgan fingerprint density at radius 1 is 1.19 bits per heavy atom. The summed E-state index contributed by atoms with van der Waals surface area (Å²) in [5.41, 5.74) is 2.23. The monoisotopic (exact) mass is 394 g/mol. The SMILES string of the molecule is O=C(NO)[C@H](NS(=O)(=O)Cc1ccc2scc(F)c2c1)c1ccccc1. The molecular weight excluding hydrogens is 379 g/mol. The second-order valence-electron chi connectivity index (χ2n) is 5.61. The molecule has 0 spiro atoms. The number of thiophene rings is 1. The lowest BCUT2D eigenvalue weighted by atomic mass is 10.1. The molecule has 3 rings (SSSR count). The molecule has 6 nitrogen and oxygen atoms in total. The van der Waals surface area contributed by atoms with E-state index in [0.29, 0.717) is 16.5 Å². The van der Waals surface area contributed by atoms with E-state index >= 15 is 0 Å². The molecule has 0 radical (unpaired) electrons. The highest BCUT2D eigenvalue weighted by Gasteiger charge is 2.26. The molecule has 3 aromatic rings. The fraction of sp³-hybridized carbons (Fsp3) is 0.118. The van der Waals surface area contributed by atoms with Crippen LogP contribution in [0.15, 0.2) is 53.9 Å². The average molecular weight is 394 g/mol. The molecule has 0 aliphatic rings. The number of amides is 1. The number of rotatable bonds is 6. The van der Waals surface area contributed by atoms with Crippen LogP contribution in [0.25, 0.3) is 10.1 Å². The van der Waals surface area contributed by atoms with Crippen LogP contribution in [0, 0.1) is 5.82 Å². The van der Waals surface area contributed by atoms with E-state index in [0.717, 1.165) is 4.70 Å². The highest BCUT2D eigenvalue weighted by molar-refractivity contribution is 7.88. The van der Waals surface area contributed by atoms with Crippen molar-refractivity contribution in [1.29, 1.82) is 0 Å². The van der Waals surface area contributed by atoms with Crippen LogP contribution >= 0.6 is 11.3 Å². The summed E-state index contributed by atoms with van der Waals surface area (Å²) >= 11 is 1.23. The summed E-state index contributed by atoms with van der Waals surface area (Å²) in [6.07, 6.45) is 0. The van der Waals surface area contributed by atoms with Crippen LogP contribution in [0.5, 0.6) is 0 Å². The lowest BCUT2D eigenvalue weighted by Gasteiger charge is -2.17. The van der Waals surface area contributed by atoms with Gasteiger partial charge in [-0.3, -0.25) is 10.0 Å². The smallest absolute Gasteiger partial charge is 0.266 e. The molecule has 0 aliphatic heterocycles. The quantitative estimate of drug-likeness (QED) is 0.442. The Balaban J connectivity index is 1.85. The third-order valence-electron chi connectivity index (χ3n) is 3.75. The van der Waals surface area contributed by atoms with E-state index in [9.17, 15) is 17.6 Å². The molecule has 1 heterocycles. The third-order valence-corrected chi connectivity index (χ3v) is 5.99. The predicted octanol–water partition coefficient (Wildman–Crippen LogP) is 2.71. The van der Waals surface area contributed by atoms with E-state index < -0.39 is 33.5 Å². The largest absolute Gasteiger partial charge is 0.289 e. The zero-order valence-corrected chi connectivity index (χ0v) is 15.0. The Labute approximate surface area is 153 Å². The maximum atomic E-state index is 13.7. The van der Waals surface area contributed by atoms with Gasteiger partial charge in [0.1, 0.15) is 11.9 Å². The van der Waals surface area contributed by atoms with Gasteiger partial charge in [-0.1, -0.05) is 36.4 Å². The van der Waals surface area contributed by atoms with Crippen molar-refractivity contribution in [2.75, 3.05) is 0 Å². The van der Waals surface area contributed by atoms with Crippen molar-refractivity contribution in [1.82, 2.24) is 10.2 Å². The first-order valence-electron chi connectivity index (χ1n) is 7.54. The first-order valence-corrected chi connectivity index (χ1v) is 10.1. The van der Waals surface area contributed by atoms with Gasteiger partial charge in [0, 0.05) is 15.5 Å². The minimum atomic E-state index is -3.94. The van der Waals surface area contributed by atoms with E-state index in [1.54, 1.807) is 42.5 Å². The summed E-state index contributed by atoms with van der Waals surface area (Å²) in [5.74, 6) is -1.74. The molecule has 2 aromatic carbocycles. The molecule has 136 valence electrons. The number of nitrogens with one attached hydrogen (secondary N) is 2. The van der Waals surface area contributed by atoms with Crippen molar-refractivity contribution in [2.45, 2.75) is 11.8 Å². The van der Waals surface area contributed by atoms with Gasteiger partial charge in [-0.25, -0.2) is 18.3 Å². The Hall–Kier alpha value is -2.33. The second kappa shape index (κ2) is 7.50. The molecule has 0 fully saturated rings. The van der Waals surface area contributed by atoms with E-state index in [1.165, 1.54) is 28.3 Å². The van der Waals surface area contributed by atoms with Crippen LogP contribution < -0.4 is 10.2 Å². The van der Waals surface area contributed by atoms with Crippen molar-refractivity contribution in [3.05, 3.63) is 70.9 Å². The molecule has 1 atom stereocenters. The second-order valence-corrected chi connectivity index (χ2v) is 8.28. The summed E-state index contributed by atoms with van der Waals surface area (Å²) < 4.78 is 41.7. The van der Waals surface area contributed by atoms with Crippen LogP contribution in [-0.4, -0.2) is 19.5 Å². The number of sulfonamides is 1. The zero-order valence-electron chi connectivity index (χ0n) is 13.3. The molecule has 9 heteroatoms. The minimum absolute atomic E-state index is 0.357. The van der Waals surface area contributed by atoms with Crippen molar-refractivity contribution in [2.24, 2.45) is 0 Å². The summed E-state index contributed by atoms with van der Waals surface area (Å²) in [6, 6.07) is 11.6. The maximum Gasteiger partial charge on any atom is 0.266 e. The molecule has 26 heavy (non-hydrogen) atoms. The van der Waals surface area contributed by atoms with Gasteiger partial charge < -0.3 is 0 Å². The van der Waals surface area contributed by atoms with Crippen molar-refractivity contribution < 1.29 is 22.8 Å². The number of carbonyl (C=O) groups is 1. The molecule has 1 amide bonds. The Bertz CT molecular complexity index is 1040. The average Bonchev–Trinajstić information content (AvgIpc) is 3.00. The molecule has 0 saturated carbocycles. The maximum absolute atomic E-state index is 13.7. The Morgan fingerprint density at radius 2 is 1.92 bits per heavy atom. The highest BCUT2D eigenvalue weighted by Crippen LogP contribution is 2.26. The van der Waals surface area contributed by atoms with E-state index in [-0.39, 0.29) is 0 Å². The number of halogens is 1. The van der Waals surface area contributed by atoms with Crippen LogP contribution in [0.2, 0.25) is 0 Å². The lowest BCUT2D eigenvalue weighted by molar-refractivity contribution is -0.131. The third kappa shape index (κ3) is 4.07. The first-order chi connectivity index (χ1) is 12.4. The van der Waals surface area contributed by atoms with Crippen LogP contribution in [0.1, 0.15) is 17.2 Å². The number of hydrogen-bond donors (Lipinski definition) is 3. The van der Waals surface area contributed by atoms with Gasteiger partial charge in [0.25, 0.3) is 5.91 Å². The summed E-state index contributed by atoms with van der Waals surface area (Å²) in [6.45, 7) is 0. The normalized spacial score (nSPS) is 12.8. The molecule has 0 aliphatic carbocycles. The topological polar surface area (TPSA) is 95.5 Å². The van der Waals surface area contributed by atoms with Crippen LogP contribution in [0.3, 0.4) is 0 Å². The van der Waals surface area contributed by atoms with Gasteiger partial charge in [0.05, 0.1) is 5.75 Å². The van der Waals surface area contributed by atoms with Gasteiger partial charge in [-0.15, -0.1) is 11.3 Å². The first kappa shape index (κ1) is 18.5. The van der Waals surface area contributed by atoms with Crippen molar-refractivity contribution in [3.63, 3.8) is 0 Å². The molecular formula is C17H15FN2O4S2. The number of benzene rings is 2. The van der Waals surface area contributed by atoms with E-state index in [4.69, 9.17) is 5.21 Å². The van der Waals surface area contributed by atoms with E-state index in [2.05, 4.69) is 4.72 Å². The standard InChI is InChI=1S/C17H15FN2O4S2/c18-14-9-25-15-7-6-11(8-13(14)15)10-26(23,24)20-16(17(21)19-22)12-4-2-1-3-5-12/h1-9,16,20,22H,10H2,(H,19,21)/t16-/m1/s1. The Morgan fingerprint density at radius 3 is 2.62 bits per heavy atom. The van der Waals surface area contributed by atoms with Crippen molar-refractivity contribution >= 4 is 37.4 Å². The molecule has 0 saturated heterocycles. The number of fused-ring (bicyclic) bond motifs is 1. The van der Waals surface area contributed by atoms with Gasteiger partial charge in [0.15, 0.2) is 0 Å². The fourth-order valence-electron chi connectivity index (χ4n) is 2.56. The number of hydroxylamine groups is 1. The van der Waals surface area contributed by atoms with Gasteiger partial charge >= 0.3 is 0 Å². The summed E-state index contributed by atoms with van der Waals surface area (Å²) in [5, 5.41) is 10.6. The molecule has 0 bridgehead atoms. The molecule has 1 aromatic heterocycles. The zero-order chi connectivity index (χ0) is 18.7. The van der Waals surface area contributed by atoms with Gasteiger partial charge in [-0.05, 0) is 23.3 Å². The molecule has 0 unspecified atom stereocenters. The number of hydrogen-bond acceptors (Lipinski definition) is 5. The fourth-order valence-corrected chi connectivity index (χ4v) is 4.65. The highest BCUT2D eigenvalue weighted by atomic mass is 32.2. The van der Waals surface area contributed by atoms with Crippen molar-refractivity contribution in [3.8, 4) is 0 Å².